The van der Waals surface area contributed by atoms with Gasteiger partial charge < -0.3 is 10.1 Å². The van der Waals surface area contributed by atoms with E-state index in [0.717, 1.165) is 6.07 Å². The summed E-state index contributed by atoms with van der Waals surface area (Å²) in [7, 11) is 0. The maximum absolute atomic E-state index is 14.0. The first-order valence-electron chi connectivity index (χ1n) is 7.31. The van der Waals surface area contributed by atoms with Gasteiger partial charge in [-0.1, -0.05) is 6.07 Å². The number of rotatable bonds is 6. The minimum atomic E-state index is -0.837. The minimum Gasteiger partial charge on any atom is -0.484 e. The number of halogens is 1. The summed E-state index contributed by atoms with van der Waals surface area (Å²) in [6, 6.07) is 8.49. The lowest BCUT2D eigenvalue weighted by Crippen LogP contribution is -2.18. The van der Waals surface area contributed by atoms with Gasteiger partial charge in [-0.25, -0.2) is 4.39 Å². The molecule has 1 aliphatic carbocycles. The Kier molecular flexibility index (Phi) is 4.37. The van der Waals surface area contributed by atoms with Crippen LogP contribution in [0.5, 0.6) is 5.75 Å². The molecule has 1 saturated carbocycles. The van der Waals surface area contributed by atoms with E-state index in [2.05, 4.69) is 10.3 Å². The van der Waals surface area contributed by atoms with Gasteiger partial charge in [-0.05, 0) is 24.3 Å². The number of anilines is 1. The van der Waals surface area contributed by atoms with Crippen LogP contribution in [-0.4, -0.2) is 21.9 Å². The van der Waals surface area contributed by atoms with Crippen molar-refractivity contribution in [2.24, 2.45) is 5.92 Å². The number of aromatic nitrogens is 1. The van der Waals surface area contributed by atoms with Crippen LogP contribution in [0.4, 0.5) is 10.1 Å². The summed E-state index contributed by atoms with van der Waals surface area (Å²) < 4.78 is 19.4. The van der Waals surface area contributed by atoms with Crippen LogP contribution in [-0.2, 0) is 11.4 Å². The molecule has 0 saturated heterocycles. The predicted molar refractivity (Wildman–Crippen MR) is 82.5 cm³/mol. The van der Waals surface area contributed by atoms with Crippen LogP contribution in [0, 0.1) is 21.8 Å². The van der Waals surface area contributed by atoms with Gasteiger partial charge in [0.25, 0.3) is 0 Å². The zero-order valence-electron chi connectivity index (χ0n) is 12.5. The maximum atomic E-state index is 14.0. The molecule has 8 heteroatoms. The van der Waals surface area contributed by atoms with Gasteiger partial charge in [0.05, 0.1) is 5.69 Å². The normalized spacial score (nSPS) is 18.7. The van der Waals surface area contributed by atoms with Crippen molar-refractivity contribution in [2.75, 3.05) is 5.32 Å². The van der Waals surface area contributed by atoms with E-state index in [0.29, 0.717) is 5.69 Å². The number of nitro groups is 1. The van der Waals surface area contributed by atoms with Crippen LogP contribution in [0.2, 0.25) is 0 Å². The third-order valence-corrected chi connectivity index (χ3v) is 3.67. The van der Waals surface area contributed by atoms with E-state index in [9.17, 15) is 19.3 Å². The molecule has 0 spiro atoms. The molecule has 0 unspecified atom stereocenters. The summed E-state index contributed by atoms with van der Waals surface area (Å²) in [5, 5.41) is 13.0. The molecule has 1 aliphatic rings. The third kappa shape index (κ3) is 3.65. The first kappa shape index (κ1) is 15.9. The Hall–Kier alpha value is -3.03. The summed E-state index contributed by atoms with van der Waals surface area (Å²) in [5.41, 5.74) is 0.894. The van der Waals surface area contributed by atoms with Crippen molar-refractivity contribution in [3.05, 3.63) is 64.2 Å². The largest absolute Gasteiger partial charge is 0.484 e. The summed E-state index contributed by atoms with van der Waals surface area (Å²) in [6.07, 6.45) is 1.83. The molecule has 1 N–H and O–H groups in total. The predicted octanol–water partition coefficient (Wildman–Crippen LogP) is 2.40. The number of nitrogens with one attached hydrogen (secondary N) is 1. The van der Waals surface area contributed by atoms with Crippen molar-refractivity contribution < 1.29 is 18.8 Å². The van der Waals surface area contributed by atoms with Crippen LogP contribution < -0.4 is 10.1 Å². The molecule has 124 valence electrons. The van der Waals surface area contributed by atoms with E-state index in [-0.39, 0.29) is 24.5 Å². The number of carbonyl (C=O) groups excluding carboxylic acids is 1. The lowest BCUT2D eigenvalue weighted by molar-refractivity contribution is -0.497. The molecule has 1 amide bonds. The number of nitrogens with zero attached hydrogens (tertiary/aromatic N) is 2. The molecular formula is C16H14FN3O4. The summed E-state index contributed by atoms with van der Waals surface area (Å²) in [5.74, 6) is -1.72. The molecule has 2 atom stereocenters. The lowest BCUT2D eigenvalue weighted by Gasteiger charge is -2.09. The molecule has 1 aromatic carbocycles. The van der Waals surface area contributed by atoms with Crippen LogP contribution in [0.25, 0.3) is 0 Å². The molecule has 1 heterocycles. The van der Waals surface area contributed by atoms with E-state index in [1.54, 1.807) is 24.4 Å². The number of amides is 1. The fourth-order valence-corrected chi connectivity index (χ4v) is 2.26. The topological polar surface area (TPSA) is 94.4 Å². The van der Waals surface area contributed by atoms with Crippen molar-refractivity contribution >= 4 is 11.6 Å². The number of hydrogen-bond donors (Lipinski definition) is 1. The van der Waals surface area contributed by atoms with Gasteiger partial charge in [0.2, 0.25) is 11.9 Å². The fourth-order valence-electron chi connectivity index (χ4n) is 2.26. The first-order chi connectivity index (χ1) is 11.5. The van der Waals surface area contributed by atoms with Gasteiger partial charge in [-0.2, -0.15) is 0 Å². The summed E-state index contributed by atoms with van der Waals surface area (Å²) >= 11 is 0. The quantitative estimate of drug-likeness (QED) is 0.648. The highest BCUT2D eigenvalue weighted by Gasteiger charge is 2.53. The highest BCUT2D eigenvalue weighted by molar-refractivity contribution is 5.94. The second-order valence-corrected chi connectivity index (χ2v) is 5.44. The van der Waals surface area contributed by atoms with Crippen molar-refractivity contribution in [1.82, 2.24) is 4.98 Å². The molecule has 0 aliphatic heterocycles. The molecule has 0 radical (unpaired) electrons. The number of benzene rings is 1. The second-order valence-electron chi connectivity index (χ2n) is 5.44. The number of hydrogen-bond acceptors (Lipinski definition) is 5. The Bertz CT molecular complexity index is 769. The zero-order chi connectivity index (χ0) is 17.1. The molecular weight excluding hydrogens is 317 g/mol. The van der Waals surface area contributed by atoms with E-state index < -0.39 is 28.6 Å². The maximum Gasteiger partial charge on any atom is 0.234 e. The molecule has 2 aromatic rings. The standard InChI is InChI=1S/C16H14FN3O4/c17-13-7-10(19-16(21)12-8-14(12)20(22)23)4-5-15(13)24-9-11-3-1-2-6-18-11/h1-7,12,14H,8-9H2,(H,19,21)/t12-,14+/m0/s1. The molecule has 24 heavy (non-hydrogen) atoms. The van der Waals surface area contributed by atoms with Gasteiger partial charge in [0, 0.05) is 29.3 Å². The van der Waals surface area contributed by atoms with Crippen molar-refractivity contribution in [2.45, 2.75) is 19.1 Å². The van der Waals surface area contributed by atoms with Gasteiger partial charge in [0.1, 0.15) is 12.5 Å². The zero-order valence-corrected chi connectivity index (χ0v) is 12.5. The molecule has 3 rings (SSSR count). The van der Waals surface area contributed by atoms with Crippen LogP contribution >= 0.6 is 0 Å². The Morgan fingerprint density at radius 3 is 2.88 bits per heavy atom. The van der Waals surface area contributed by atoms with Gasteiger partial charge in [-0.3, -0.25) is 19.9 Å². The highest BCUT2D eigenvalue weighted by Crippen LogP contribution is 2.34. The van der Waals surface area contributed by atoms with E-state index >= 15 is 0 Å². The number of ether oxygens (including phenoxy) is 1. The van der Waals surface area contributed by atoms with Crippen molar-refractivity contribution in [3.63, 3.8) is 0 Å². The molecule has 7 nitrogen and oxygen atoms in total. The average molecular weight is 331 g/mol. The Labute approximate surface area is 136 Å². The smallest absolute Gasteiger partial charge is 0.234 e. The monoisotopic (exact) mass is 331 g/mol. The third-order valence-electron chi connectivity index (χ3n) is 3.67. The van der Waals surface area contributed by atoms with Gasteiger partial charge >= 0.3 is 0 Å². The minimum absolute atomic E-state index is 0.0354. The van der Waals surface area contributed by atoms with E-state index in [1.165, 1.54) is 12.1 Å². The van der Waals surface area contributed by atoms with Gasteiger partial charge in [-0.15, -0.1) is 0 Å². The molecule has 1 fully saturated rings. The summed E-state index contributed by atoms with van der Waals surface area (Å²) in [6.45, 7) is 0.121. The molecule has 0 bridgehead atoms. The number of carbonyl (C=O) groups is 1. The first-order valence-corrected chi connectivity index (χ1v) is 7.31. The van der Waals surface area contributed by atoms with Crippen molar-refractivity contribution in [1.29, 1.82) is 0 Å². The van der Waals surface area contributed by atoms with E-state index in [1.807, 2.05) is 0 Å². The number of pyridine rings is 1. The Morgan fingerprint density at radius 1 is 1.42 bits per heavy atom. The Morgan fingerprint density at radius 2 is 2.25 bits per heavy atom. The Balaban J connectivity index is 1.58. The SMILES string of the molecule is O=C(Nc1ccc(OCc2ccccn2)c(F)c1)[C@H]1C[C@H]1[N+](=O)[O-]. The molecule has 1 aromatic heterocycles. The van der Waals surface area contributed by atoms with Crippen LogP contribution in [0.3, 0.4) is 0 Å². The van der Waals surface area contributed by atoms with Crippen LogP contribution in [0.1, 0.15) is 12.1 Å². The highest BCUT2D eigenvalue weighted by atomic mass is 19.1. The average Bonchev–Trinajstić information content (AvgIpc) is 3.36. The summed E-state index contributed by atoms with van der Waals surface area (Å²) in [4.78, 5) is 26.0. The lowest BCUT2D eigenvalue weighted by atomic mass is 10.2. The fraction of sp³-hybridized carbons (Fsp3) is 0.250. The van der Waals surface area contributed by atoms with Crippen LogP contribution in [0.15, 0.2) is 42.6 Å². The van der Waals surface area contributed by atoms with Crippen molar-refractivity contribution in [3.8, 4) is 5.75 Å². The van der Waals surface area contributed by atoms with Gasteiger partial charge in [0.15, 0.2) is 11.6 Å². The van der Waals surface area contributed by atoms with E-state index in [4.69, 9.17) is 4.74 Å². The second kappa shape index (κ2) is 6.61.